The average Bonchev–Trinajstić information content (AvgIpc) is 2.76. The quantitative estimate of drug-likeness (QED) is 0.604. The number of allylic oxidation sites excluding steroid dienone is 1. The van der Waals surface area contributed by atoms with Crippen LogP contribution in [0.3, 0.4) is 0 Å². The van der Waals surface area contributed by atoms with Gasteiger partial charge in [0.1, 0.15) is 5.70 Å². The molecular formula is C17H18ClN3OS. The van der Waals surface area contributed by atoms with E-state index < -0.39 is 0 Å². The summed E-state index contributed by atoms with van der Waals surface area (Å²) in [5.74, 6) is -0.241. The standard InChI is InChI=1S/C17H18ClN3OS/c1-9-8-17(2,3)21(4)14-7-12(18)10(5-11(9)14)6-13-15(22)20-16(23)19-13/h5-8H,1-4H3,(H2,19,20,22,23)/b13-6-. The summed E-state index contributed by atoms with van der Waals surface area (Å²) in [6.45, 7) is 6.42. The number of amides is 1. The topological polar surface area (TPSA) is 44.4 Å². The molecule has 120 valence electrons. The van der Waals surface area contributed by atoms with Gasteiger partial charge in [0.15, 0.2) is 5.11 Å². The van der Waals surface area contributed by atoms with Gasteiger partial charge in [-0.3, -0.25) is 10.1 Å². The SMILES string of the molecule is CC1=CC(C)(C)N(C)c2cc(Cl)c(/C=C3\NC(=S)NC3=O)cc21. The Hall–Kier alpha value is -1.85. The average molecular weight is 348 g/mol. The number of nitrogens with zero attached hydrogens (tertiary/aromatic N) is 1. The minimum absolute atomic E-state index is 0.0700. The summed E-state index contributed by atoms with van der Waals surface area (Å²) in [6.07, 6.45) is 3.96. The van der Waals surface area contributed by atoms with Gasteiger partial charge < -0.3 is 10.2 Å². The van der Waals surface area contributed by atoms with E-state index in [0.717, 1.165) is 16.8 Å². The van der Waals surface area contributed by atoms with Gasteiger partial charge in [0.2, 0.25) is 0 Å². The van der Waals surface area contributed by atoms with E-state index in [0.29, 0.717) is 15.8 Å². The molecule has 0 aromatic heterocycles. The summed E-state index contributed by atoms with van der Waals surface area (Å²) in [7, 11) is 2.06. The molecule has 0 saturated carbocycles. The van der Waals surface area contributed by atoms with Crippen LogP contribution < -0.4 is 15.5 Å². The zero-order chi connectivity index (χ0) is 16.9. The fourth-order valence-electron chi connectivity index (χ4n) is 2.94. The van der Waals surface area contributed by atoms with E-state index in [-0.39, 0.29) is 11.4 Å². The molecule has 2 aliphatic heterocycles. The second kappa shape index (κ2) is 5.35. The first-order valence-electron chi connectivity index (χ1n) is 7.30. The van der Waals surface area contributed by atoms with Crippen molar-refractivity contribution < 1.29 is 4.79 Å². The number of likely N-dealkylation sites (N-methyl/N-ethyl adjacent to an activating group) is 1. The van der Waals surface area contributed by atoms with Gasteiger partial charge in [0.05, 0.1) is 5.54 Å². The molecule has 3 rings (SSSR count). The van der Waals surface area contributed by atoms with Crippen LogP contribution in [-0.4, -0.2) is 23.6 Å². The molecule has 6 heteroatoms. The maximum absolute atomic E-state index is 11.8. The zero-order valence-corrected chi connectivity index (χ0v) is 15.0. The Bertz CT molecular complexity index is 795. The summed E-state index contributed by atoms with van der Waals surface area (Å²) < 4.78 is 0. The number of carbonyl (C=O) groups excluding carboxylic acids is 1. The monoisotopic (exact) mass is 347 g/mol. The highest BCUT2D eigenvalue weighted by molar-refractivity contribution is 7.80. The van der Waals surface area contributed by atoms with E-state index >= 15 is 0 Å². The van der Waals surface area contributed by atoms with Crippen LogP contribution in [0.15, 0.2) is 23.9 Å². The lowest BCUT2D eigenvalue weighted by molar-refractivity contribution is -0.115. The van der Waals surface area contributed by atoms with Crippen LogP contribution in [0.25, 0.3) is 11.6 Å². The van der Waals surface area contributed by atoms with Gasteiger partial charge >= 0.3 is 0 Å². The lowest BCUT2D eigenvalue weighted by atomic mass is 9.88. The summed E-state index contributed by atoms with van der Waals surface area (Å²) in [5, 5.41) is 6.30. The zero-order valence-electron chi connectivity index (χ0n) is 13.5. The molecule has 2 aliphatic rings. The minimum atomic E-state index is -0.241. The predicted octanol–water partition coefficient (Wildman–Crippen LogP) is 3.32. The molecule has 1 aromatic carbocycles. The summed E-state index contributed by atoms with van der Waals surface area (Å²) in [5.41, 5.74) is 4.51. The summed E-state index contributed by atoms with van der Waals surface area (Å²) in [4.78, 5) is 14.0. The number of anilines is 1. The van der Waals surface area contributed by atoms with E-state index in [9.17, 15) is 4.79 Å². The van der Waals surface area contributed by atoms with Gasteiger partial charge in [-0.05, 0) is 62.3 Å². The fraction of sp³-hybridized carbons (Fsp3) is 0.294. The lowest BCUT2D eigenvalue weighted by Gasteiger charge is -2.40. The molecule has 2 N–H and O–H groups in total. The molecule has 1 amide bonds. The van der Waals surface area contributed by atoms with Crippen LogP contribution in [0.1, 0.15) is 31.9 Å². The highest BCUT2D eigenvalue weighted by Gasteiger charge is 2.29. The number of hydrogen-bond acceptors (Lipinski definition) is 3. The van der Waals surface area contributed by atoms with Crippen molar-refractivity contribution in [1.29, 1.82) is 0 Å². The highest BCUT2D eigenvalue weighted by atomic mass is 35.5. The van der Waals surface area contributed by atoms with Crippen molar-refractivity contribution in [2.45, 2.75) is 26.3 Å². The van der Waals surface area contributed by atoms with Crippen molar-refractivity contribution in [1.82, 2.24) is 10.6 Å². The van der Waals surface area contributed by atoms with Crippen LogP contribution >= 0.6 is 23.8 Å². The Morgan fingerprint density at radius 1 is 1.30 bits per heavy atom. The predicted molar refractivity (Wildman–Crippen MR) is 99.4 cm³/mol. The third kappa shape index (κ3) is 2.75. The third-order valence-corrected chi connectivity index (χ3v) is 4.89. The van der Waals surface area contributed by atoms with E-state index in [1.807, 2.05) is 12.1 Å². The van der Waals surface area contributed by atoms with Gasteiger partial charge in [-0.2, -0.15) is 0 Å². The maximum Gasteiger partial charge on any atom is 0.273 e. The molecule has 0 spiro atoms. The molecule has 0 unspecified atom stereocenters. The van der Waals surface area contributed by atoms with Gasteiger partial charge in [-0.1, -0.05) is 17.7 Å². The molecule has 1 fully saturated rings. The lowest BCUT2D eigenvalue weighted by Crippen LogP contribution is -2.42. The van der Waals surface area contributed by atoms with Crippen LogP contribution in [0, 0.1) is 0 Å². The number of rotatable bonds is 1. The Morgan fingerprint density at radius 3 is 2.61 bits per heavy atom. The molecule has 2 heterocycles. The van der Waals surface area contributed by atoms with E-state index in [1.54, 1.807) is 6.08 Å². The summed E-state index contributed by atoms with van der Waals surface area (Å²) in [6, 6.07) is 3.96. The number of carbonyl (C=O) groups is 1. The van der Waals surface area contributed by atoms with Crippen LogP contribution in [0.2, 0.25) is 5.02 Å². The molecule has 0 bridgehead atoms. The Kier molecular flexibility index (Phi) is 3.73. The van der Waals surface area contributed by atoms with Gasteiger partial charge in [-0.25, -0.2) is 0 Å². The van der Waals surface area contributed by atoms with Gasteiger partial charge in [0.25, 0.3) is 5.91 Å². The number of halogens is 1. The first-order valence-corrected chi connectivity index (χ1v) is 8.09. The smallest absolute Gasteiger partial charge is 0.273 e. The number of benzene rings is 1. The molecule has 0 atom stereocenters. The number of thiocarbonyl (C=S) groups is 1. The molecule has 1 aromatic rings. The summed E-state index contributed by atoms with van der Waals surface area (Å²) >= 11 is 11.4. The van der Waals surface area contributed by atoms with Crippen molar-refractivity contribution >= 4 is 52.2 Å². The van der Waals surface area contributed by atoms with Crippen molar-refractivity contribution in [3.05, 3.63) is 40.1 Å². The second-order valence-electron chi connectivity index (χ2n) is 6.40. The number of fused-ring (bicyclic) bond motifs is 1. The second-order valence-corrected chi connectivity index (χ2v) is 7.21. The Balaban J connectivity index is 2.10. The van der Waals surface area contributed by atoms with Crippen molar-refractivity contribution in [3.63, 3.8) is 0 Å². The molecule has 0 aliphatic carbocycles. The number of hydrogen-bond donors (Lipinski definition) is 2. The van der Waals surface area contributed by atoms with Crippen LogP contribution in [0.5, 0.6) is 0 Å². The van der Waals surface area contributed by atoms with Crippen LogP contribution in [0.4, 0.5) is 5.69 Å². The normalized spacial score (nSPS) is 21.0. The number of nitrogens with one attached hydrogen (secondary N) is 2. The van der Waals surface area contributed by atoms with E-state index in [2.05, 4.69) is 49.4 Å². The van der Waals surface area contributed by atoms with E-state index in [1.165, 1.54) is 5.57 Å². The molecular weight excluding hydrogens is 330 g/mol. The minimum Gasteiger partial charge on any atom is -0.365 e. The highest BCUT2D eigenvalue weighted by Crippen LogP contribution is 2.40. The molecule has 4 nitrogen and oxygen atoms in total. The third-order valence-electron chi connectivity index (χ3n) is 4.36. The van der Waals surface area contributed by atoms with Crippen molar-refractivity contribution in [2.24, 2.45) is 0 Å². The maximum atomic E-state index is 11.8. The first-order chi connectivity index (χ1) is 10.7. The fourth-order valence-corrected chi connectivity index (χ4v) is 3.35. The Morgan fingerprint density at radius 2 is 2.00 bits per heavy atom. The van der Waals surface area contributed by atoms with Gasteiger partial charge in [-0.15, -0.1) is 0 Å². The molecule has 23 heavy (non-hydrogen) atoms. The van der Waals surface area contributed by atoms with E-state index in [4.69, 9.17) is 23.8 Å². The van der Waals surface area contributed by atoms with Crippen molar-refractivity contribution in [3.8, 4) is 0 Å². The molecule has 1 saturated heterocycles. The van der Waals surface area contributed by atoms with Crippen LogP contribution in [-0.2, 0) is 4.79 Å². The molecule has 0 radical (unpaired) electrons. The van der Waals surface area contributed by atoms with Gasteiger partial charge in [0, 0.05) is 23.3 Å². The Labute approximate surface area is 146 Å². The largest absolute Gasteiger partial charge is 0.365 e. The first kappa shape index (κ1) is 16.0. The van der Waals surface area contributed by atoms with Crippen molar-refractivity contribution in [2.75, 3.05) is 11.9 Å².